The molecule has 6 heteroatoms. The van der Waals surface area contributed by atoms with Crippen LogP contribution in [0, 0.1) is 6.92 Å². The van der Waals surface area contributed by atoms with Gasteiger partial charge in [0.2, 0.25) is 0 Å². The van der Waals surface area contributed by atoms with Crippen molar-refractivity contribution in [3.05, 3.63) is 59.7 Å². The standard InChI is InChI=1S/C16H17N3O2S/c1-12-6-8-13(9-7-12)22(20,21)19-15-5-3-2-4-14(15)16-17-10-11-18-16/h2-9,19H,10-11H2,1H3,(H,17,18). The highest BCUT2D eigenvalue weighted by molar-refractivity contribution is 7.92. The highest BCUT2D eigenvalue weighted by atomic mass is 32.2. The van der Waals surface area contributed by atoms with Gasteiger partial charge in [-0.05, 0) is 31.2 Å². The molecule has 0 atom stereocenters. The van der Waals surface area contributed by atoms with Crippen molar-refractivity contribution in [1.29, 1.82) is 0 Å². The summed E-state index contributed by atoms with van der Waals surface area (Å²) in [5.41, 5.74) is 2.30. The van der Waals surface area contributed by atoms with Gasteiger partial charge >= 0.3 is 0 Å². The van der Waals surface area contributed by atoms with E-state index in [2.05, 4.69) is 15.0 Å². The first-order valence-corrected chi connectivity index (χ1v) is 8.52. The van der Waals surface area contributed by atoms with Crippen molar-refractivity contribution in [2.75, 3.05) is 17.8 Å². The van der Waals surface area contributed by atoms with Crippen LogP contribution in [0.1, 0.15) is 11.1 Å². The molecule has 0 saturated heterocycles. The summed E-state index contributed by atoms with van der Waals surface area (Å²) in [6, 6.07) is 14.0. The van der Waals surface area contributed by atoms with Crippen molar-refractivity contribution in [2.45, 2.75) is 11.8 Å². The van der Waals surface area contributed by atoms with E-state index in [1.54, 1.807) is 36.4 Å². The van der Waals surface area contributed by atoms with Crippen LogP contribution in [0.15, 0.2) is 58.4 Å². The largest absolute Gasteiger partial charge is 0.368 e. The molecule has 1 heterocycles. The van der Waals surface area contributed by atoms with E-state index in [9.17, 15) is 8.42 Å². The number of rotatable bonds is 4. The number of hydrogen-bond donors (Lipinski definition) is 2. The number of nitrogens with zero attached hydrogens (tertiary/aromatic N) is 1. The Balaban J connectivity index is 1.94. The van der Waals surface area contributed by atoms with Gasteiger partial charge in [0.1, 0.15) is 5.84 Å². The van der Waals surface area contributed by atoms with E-state index in [4.69, 9.17) is 0 Å². The minimum absolute atomic E-state index is 0.245. The van der Waals surface area contributed by atoms with Crippen LogP contribution in [-0.4, -0.2) is 27.3 Å². The molecule has 2 aromatic carbocycles. The fraction of sp³-hybridized carbons (Fsp3) is 0.188. The molecule has 0 aromatic heterocycles. The van der Waals surface area contributed by atoms with Crippen LogP contribution in [0.2, 0.25) is 0 Å². The molecule has 0 unspecified atom stereocenters. The SMILES string of the molecule is Cc1ccc(S(=O)(=O)Nc2ccccc2C2=NCCN2)cc1. The number of nitrogens with one attached hydrogen (secondary N) is 2. The third-order valence-electron chi connectivity index (χ3n) is 3.43. The molecule has 22 heavy (non-hydrogen) atoms. The van der Waals surface area contributed by atoms with E-state index >= 15 is 0 Å². The Morgan fingerprint density at radius 3 is 2.50 bits per heavy atom. The topological polar surface area (TPSA) is 70.6 Å². The summed E-state index contributed by atoms with van der Waals surface area (Å²) in [5, 5.41) is 3.16. The van der Waals surface area contributed by atoms with Crippen LogP contribution in [0.4, 0.5) is 5.69 Å². The first-order valence-electron chi connectivity index (χ1n) is 7.03. The fourth-order valence-corrected chi connectivity index (χ4v) is 3.36. The Bertz CT molecular complexity index is 812. The zero-order chi connectivity index (χ0) is 15.6. The monoisotopic (exact) mass is 315 g/mol. The summed E-state index contributed by atoms with van der Waals surface area (Å²) < 4.78 is 27.7. The quantitative estimate of drug-likeness (QED) is 0.908. The van der Waals surface area contributed by atoms with E-state index in [0.717, 1.165) is 23.5 Å². The summed E-state index contributed by atoms with van der Waals surface area (Å²) in [6.45, 7) is 3.39. The lowest BCUT2D eigenvalue weighted by Crippen LogP contribution is -2.22. The van der Waals surface area contributed by atoms with Crippen molar-refractivity contribution in [2.24, 2.45) is 4.99 Å². The first-order chi connectivity index (χ1) is 10.6. The average Bonchev–Trinajstić information content (AvgIpc) is 3.02. The molecule has 0 amide bonds. The summed E-state index contributed by atoms with van der Waals surface area (Å²) in [7, 11) is -3.61. The lowest BCUT2D eigenvalue weighted by atomic mass is 10.1. The maximum Gasteiger partial charge on any atom is 0.261 e. The molecule has 2 N–H and O–H groups in total. The van der Waals surface area contributed by atoms with Gasteiger partial charge in [0, 0.05) is 12.1 Å². The Kier molecular flexibility index (Phi) is 3.85. The van der Waals surface area contributed by atoms with Gasteiger partial charge in [0.15, 0.2) is 0 Å². The Morgan fingerprint density at radius 2 is 1.82 bits per heavy atom. The summed E-state index contributed by atoms with van der Waals surface area (Å²) in [4.78, 5) is 4.60. The predicted molar refractivity (Wildman–Crippen MR) is 87.8 cm³/mol. The third-order valence-corrected chi connectivity index (χ3v) is 4.81. The highest BCUT2D eigenvalue weighted by Crippen LogP contribution is 2.21. The Hall–Kier alpha value is -2.34. The van der Waals surface area contributed by atoms with Crippen molar-refractivity contribution in [1.82, 2.24) is 5.32 Å². The van der Waals surface area contributed by atoms with Gasteiger partial charge in [-0.1, -0.05) is 29.8 Å². The fourth-order valence-electron chi connectivity index (χ4n) is 2.28. The van der Waals surface area contributed by atoms with Gasteiger partial charge in [-0.15, -0.1) is 0 Å². The lowest BCUT2D eigenvalue weighted by Gasteiger charge is -2.13. The highest BCUT2D eigenvalue weighted by Gasteiger charge is 2.18. The maximum atomic E-state index is 12.5. The number of anilines is 1. The molecule has 0 spiro atoms. The van der Waals surface area contributed by atoms with Gasteiger partial charge in [0.05, 0.1) is 17.1 Å². The minimum atomic E-state index is -3.61. The molecule has 0 saturated carbocycles. The number of hydrogen-bond acceptors (Lipinski definition) is 4. The molecule has 5 nitrogen and oxygen atoms in total. The molecule has 1 aliphatic rings. The summed E-state index contributed by atoms with van der Waals surface area (Å²) in [6.07, 6.45) is 0. The van der Waals surface area contributed by atoms with E-state index < -0.39 is 10.0 Å². The molecular formula is C16H17N3O2S. The summed E-state index contributed by atoms with van der Waals surface area (Å²) >= 11 is 0. The molecule has 0 radical (unpaired) electrons. The van der Waals surface area contributed by atoms with Gasteiger partial charge in [-0.2, -0.15) is 0 Å². The van der Waals surface area contributed by atoms with Crippen molar-refractivity contribution in [3.8, 4) is 0 Å². The van der Waals surface area contributed by atoms with E-state index in [1.807, 2.05) is 19.1 Å². The zero-order valence-electron chi connectivity index (χ0n) is 12.2. The molecule has 2 aromatic rings. The normalized spacial score (nSPS) is 14.3. The predicted octanol–water partition coefficient (Wildman–Crippen LogP) is 2.15. The smallest absolute Gasteiger partial charge is 0.261 e. The molecule has 3 rings (SSSR count). The van der Waals surface area contributed by atoms with Gasteiger partial charge < -0.3 is 5.32 Å². The van der Waals surface area contributed by atoms with Crippen molar-refractivity contribution in [3.63, 3.8) is 0 Å². The van der Waals surface area contributed by atoms with Crippen LogP contribution in [0.5, 0.6) is 0 Å². The van der Waals surface area contributed by atoms with Crippen LogP contribution in [0.3, 0.4) is 0 Å². The minimum Gasteiger partial charge on any atom is -0.368 e. The van der Waals surface area contributed by atoms with Crippen molar-refractivity contribution >= 4 is 21.5 Å². The van der Waals surface area contributed by atoms with Gasteiger partial charge in [0.25, 0.3) is 10.0 Å². The molecule has 1 aliphatic heterocycles. The first kappa shape index (κ1) is 14.6. The summed E-state index contributed by atoms with van der Waals surface area (Å²) in [5.74, 6) is 0.724. The number of sulfonamides is 1. The zero-order valence-corrected chi connectivity index (χ0v) is 13.0. The van der Waals surface area contributed by atoms with Crippen molar-refractivity contribution < 1.29 is 8.42 Å². The van der Waals surface area contributed by atoms with Crippen LogP contribution in [0.25, 0.3) is 0 Å². The van der Waals surface area contributed by atoms with Crippen LogP contribution in [-0.2, 0) is 10.0 Å². The van der Waals surface area contributed by atoms with Crippen LogP contribution >= 0.6 is 0 Å². The second kappa shape index (κ2) is 5.81. The molecule has 114 valence electrons. The molecular weight excluding hydrogens is 298 g/mol. The van der Waals surface area contributed by atoms with E-state index in [0.29, 0.717) is 12.2 Å². The molecule has 0 aliphatic carbocycles. The average molecular weight is 315 g/mol. The number of benzene rings is 2. The maximum absolute atomic E-state index is 12.5. The van der Waals surface area contributed by atoms with E-state index in [-0.39, 0.29) is 4.90 Å². The number of aryl methyl sites for hydroxylation is 1. The lowest BCUT2D eigenvalue weighted by molar-refractivity contribution is 0.601. The van der Waals surface area contributed by atoms with E-state index in [1.165, 1.54) is 0 Å². The molecule has 0 fully saturated rings. The van der Waals surface area contributed by atoms with Gasteiger partial charge in [-0.25, -0.2) is 8.42 Å². The Morgan fingerprint density at radius 1 is 1.09 bits per heavy atom. The molecule has 0 bridgehead atoms. The number of aliphatic imine (C=N–C) groups is 1. The third kappa shape index (κ3) is 2.96. The Labute approximate surface area is 130 Å². The van der Waals surface area contributed by atoms with Gasteiger partial charge in [-0.3, -0.25) is 9.71 Å². The van der Waals surface area contributed by atoms with Crippen LogP contribution < -0.4 is 10.0 Å². The number of para-hydroxylation sites is 1. The second-order valence-corrected chi connectivity index (χ2v) is 6.80. The number of amidine groups is 1. The second-order valence-electron chi connectivity index (χ2n) is 5.12.